The lowest BCUT2D eigenvalue weighted by Crippen LogP contribution is -2.37. The molecule has 1 aliphatic heterocycles. The molecule has 0 spiro atoms. The molecule has 94 valence electrons. The monoisotopic (exact) mass is 255 g/mol. The van der Waals surface area contributed by atoms with E-state index in [2.05, 4.69) is 12.2 Å². The molecule has 2 unspecified atom stereocenters. The number of benzene rings is 1. The number of halogens is 2. The average molecular weight is 256 g/mol. The van der Waals surface area contributed by atoms with Crippen molar-refractivity contribution in [3.05, 3.63) is 34.6 Å². The normalized spacial score (nSPS) is 24.9. The zero-order valence-corrected chi connectivity index (χ0v) is 10.9. The zero-order valence-electron chi connectivity index (χ0n) is 10.2. The fourth-order valence-corrected chi connectivity index (χ4v) is 2.76. The maximum atomic E-state index is 12.9. The van der Waals surface area contributed by atoms with Crippen LogP contribution in [0.1, 0.15) is 31.7 Å². The van der Waals surface area contributed by atoms with Gasteiger partial charge in [-0.25, -0.2) is 4.39 Å². The van der Waals surface area contributed by atoms with Crippen molar-refractivity contribution in [2.75, 3.05) is 6.54 Å². The Morgan fingerprint density at radius 3 is 3.00 bits per heavy atom. The summed E-state index contributed by atoms with van der Waals surface area (Å²) in [5, 5.41) is 4.08. The Morgan fingerprint density at radius 2 is 2.29 bits per heavy atom. The van der Waals surface area contributed by atoms with E-state index in [1.54, 1.807) is 6.07 Å². The van der Waals surface area contributed by atoms with Crippen LogP contribution in [0.25, 0.3) is 0 Å². The first-order valence-corrected chi connectivity index (χ1v) is 6.70. The van der Waals surface area contributed by atoms with Gasteiger partial charge in [-0.1, -0.05) is 24.6 Å². The fraction of sp³-hybridized carbons (Fsp3) is 0.571. The molecule has 1 fully saturated rings. The van der Waals surface area contributed by atoms with Crippen LogP contribution < -0.4 is 5.32 Å². The van der Waals surface area contributed by atoms with Crippen molar-refractivity contribution in [3.8, 4) is 0 Å². The van der Waals surface area contributed by atoms with Crippen LogP contribution >= 0.6 is 11.6 Å². The molecular formula is C14H19ClFN. The molecule has 17 heavy (non-hydrogen) atoms. The van der Waals surface area contributed by atoms with Crippen LogP contribution in [0.3, 0.4) is 0 Å². The Bertz CT molecular complexity index is 380. The van der Waals surface area contributed by atoms with Crippen LogP contribution in [0.2, 0.25) is 5.02 Å². The second-order valence-corrected chi connectivity index (χ2v) is 5.46. The molecule has 1 aliphatic rings. The van der Waals surface area contributed by atoms with E-state index in [-0.39, 0.29) is 5.82 Å². The van der Waals surface area contributed by atoms with Gasteiger partial charge < -0.3 is 5.32 Å². The summed E-state index contributed by atoms with van der Waals surface area (Å²) in [5.74, 6) is 0.549. The van der Waals surface area contributed by atoms with Gasteiger partial charge in [0, 0.05) is 11.1 Å². The molecule has 0 saturated carbocycles. The highest BCUT2D eigenvalue weighted by atomic mass is 35.5. The van der Waals surface area contributed by atoms with E-state index >= 15 is 0 Å². The number of rotatable bonds is 3. The number of piperidine rings is 1. The molecule has 0 radical (unpaired) electrons. The SMILES string of the molecule is CC1CCNC(CCc2ccc(F)cc2Cl)C1. The van der Waals surface area contributed by atoms with Gasteiger partial charge in [-0.15, -0.1) is 0 Å². The van der Waals surface area contributed by atoms with Crippen LogP contribution in [0.4, 0.5) is 4.39 Å². The van der Waals surface area contributed by atoms with Gasteiger partial charge >= 0.3 is 0 Å². The number of hydrogen-bond donors (Lipinski definition) is 1. The smallest absolute Gasteiger partial charge is 0.124 e. The Morgan fingerprint density at radius 1 is 1.47 bits per heavy atom. The largest absolute Gasteiger partial charge is 0.314 e. The van der Waals surface area contributed by atoms with E-state index in [4.69, 9.17) is 11.6 Å². The van der Waals surface area contributed by atoms with Gasteiger partial charge in [-0.2, -0.15) is 0 Å². The molecule has 3 heteroatoms. The van der Waals surface area contributed by atoms with E-state index in [0.717, 1.165) is 30.9 Å². The first-order chi connectivity index (χ1) is 8.15. The van der Waals surface area contributed by atoms with Crippen molar-refractivity contribution < 1.29 is 4.39 Å². The molecule has 1 aromatic carbocycles. The molecule has 2 atom stereocenters. The Hall–Kier alpha value is -0.600. The highest BCUT2D eigenvalue weighted by Crippen LogP contribution is 2.22. The van der Waals surface area contributed by atoms with Crippen molar-refractivity contribution in [1.29, 1.82) is 0 Å². The molecule has 0 aliphatic carbocycles. The maximum absolute atomic E-state index is 12.9. The third-order valence-corrected chi connectivity index (χ3v) is 3.89. The minimum atomic E-state index is -0.261. The first kappa shape index (κ1) is 12.8. The van der Waals surface area contributed by atoms with Gasteiger partial charge in [0.2, 0.25) is 0 Å². The summed E-state index contributed by atoms with van der Waals surface area (Å²) in [6, 6.07) is 5.26. The standard InChI is InChI=1S/C14H19ClFN/c1-10-6-7-17-13(8-10)5-3-11-2-4-12(16)9-14(11)15/h2,4,9-10,13,17H,3,5-8H2,1H3. The summed E-state index contributed by atoms with van der Waals surface area (Å²) in [4.78, 5) is 0. The Balaban J connectivity index is 1.88. The highest BCUT2D eigenvalue weighted by molar-refractivity contribution is 6.31. The number of aryl methyl sites for hydroxylation is 1. The van der Waals surface area contributed by atoms with Crippen molar-refractivity contribution in [2.24, 2.45) is 5.92 Å². The van der Waals surface area contributed by atoms with Gasteiger partial charge in [-0.3, -0.25) is 0 Å². The van der Waals surface area contributed by atoms with Crippen molar-refractivity contribution >= 4 is 11.6 Å². The van der Waals surface area contributed by atoms with Crippen molar-refractivity contribution in [3.63, 3.8) is 0 Å². The molecule has 1 nitrogen and oxygen atoms in total. The average Bonchev–Trinajstić information content (AvgIpc) is 2.28. The van der Waals surface area contributed by atoms with E-state index in [1.165, 1.54) is 25.0 Å². The minimum Gasteiger partial charge on any atom is -0.314 e. The van der Waals surface area contributed by atoms with Crippen LogP contribution in [-0.2, 0) is 6.42 Å². The predicted molar refractivity (Wildman–Crippen MR) is 69.9 cm³/mol. The van der Waals surface area contributed by atoms with Crippen molar-refractivity contribution in [1.82, 2.24) is 5.32 Å². The zero-order chi connectivity index (χ0) is 12.3. The Labute approximate surface area is 107 Å². The van der Waals surface area contributed by atoms with E-state index < -0.39 is 0 Å². The quantitative estimate of drug-likeness (QED) is 0.866. The summed E-state index contributed by atoms with van der Waals surface area (Å²) in [6.45, 7) is 3.42. The van der Waals surface area contributed by atoms with Gasteiger partial charge in [-0.05, 0) is 55.8 Å². The van der Waals surface area contributed by atoms with Crippen LogP contribution in [0.15, 0.2) is 18.2 Å². The molecular weight excluding hydrogens is 237 g/mol. The van der Waals surface area contributed by atoms with Gasteiger partial charge in [0.1, 0.15) is 5.82 Å². The summed E-state index contributed by atoms with van der Waals surface area (Å²) in [5.41, 5.74) is 1.05. The highest BCUT2D eigenvalue weighted by Gasteiger charge is 2.18. The van der Waals surface area contributed by atoms with Crippen LogP contribution in [-0.4, -0.2) is 12.6 Å². The lowest BCUT2D eigenvalue weighted by Gasteiger charge is -2.28. The maximum Gasteiger partial charge on any atom is 0.124 e. The second-order valence-electron chi connectivity index (χ2n) is 5.06. The van der Waals surface area contributed by atoms with Gasteiger partial charge in [0.05, 0.1) is 0 Å². The van der Waals surface area contributed by atoms with Crippen LogP contribution in [0, 0.1) is 11.7 Å². The minimum absolute atomic E-state index is 0.261. The van der Waals surface area contributed by atoms with E-state index in [0.29, 0.717) is 11.1 Å². The molecule has 0 bridgehead atoms. The summed E-state index contributed by atoms with van der Waals surface area (Å²) >= 11 is 6.02. The molecule has 1 heterocycles. The van der Waals surface area contributed by atoms with Crippen molar-refractivity contribution in [2.45, 2.75) is 38.6 Å². The molecule has 1 saturated heterocycles. The fourth-order valence-electron chi connectivity index (χ4n) is 2.49. The predicted octanol–water partition coefficient (Wildman–Crippen LogP) is 3.80. The molecule has 1 N–H and O–H groups in total. The van der Waals surface area contributed by atoms with E-state index in [1.807, 2.05) is 0 Å². The lowest BCUT2D eigenvalue weighted by molar-refractivity contribution is 0.308. The third kappa shape index (κ3) is 3.68. The van der Waals surface area contributed by atoms with Gasteiger partial charge in [0.25, 0.3) is 0 Å². The lowest BCUT2D eigenvalue weighted by atomic mass is 9.91. The number of hydrogen-bond acceptors (Lipinski definition) is 1. The summed E-state index contributed by atoms with van der Waals surface area (Å²) in [6.07, 6.45) is 4.51. The molecule has 1 aromatic rings. The molecule has 0 amide bonds. The first-order valence-electron chi connectivity index (χ1n) is 6.32. The second kappa shape index (κ2) is 5.83. The summed E-state index contributed by atoms with van der Waals surface area (Å²) < 4.78 is 12.9. The number of nitrogens with one attached hydrogen (secondary N) is 1. The Kier molecular flexibility index (Phi) is 4.41. The topological polar surface area (TPSA) is 12.0 Å². The molecule has 2 rings (SSSR count). The summed E-state index contributed by atoms with van der Waals surface area (Å²) in [7, 11) is 0. The van der Waals surface area contributed by atoms with E-state index in [9.17, 15) is 4.39 Å². The van der Waals surface area contributed by atoms with Crippen LogP contribution in [0.5, 0.6) is 0 Å². The van der Waals surface area contributed by atoms with Gasteiger partial charge in [0.15, 0.2) is 0 Å². The molecule has 0 aromatic heterocycles. The third-order valence-electron chi connectivity index (χ3n) is 3.53.